The minimum Gasteiger partial charge on any atom is -0.329 e. The second-order valence-electron chi connectivity index (χ2n) is 8.67. The minimum absolute atomic E-state index is 0.0808. The van der Waals surface area contributed by atoms with Crippen LogP contribution in [0.4, 0.5) is 4.39 Å². The Labute approximate surface area is 200 Å². The molecule has 4 aromatic rings. The summed E-state index contributed by atoms with van der Waals surface area (Å²) in [5, 5.41) is 0. The molecule has 0 aliphatic carbocycles. The number of piperazine rings is 1. The van der Waals surface area contributed by atoms with Gasteiger partial charge in [-0.2, -0.15) is 0 Å². The Morgan fingerprint density at radius 3 is 1.79 bits per heavy atom. The van der Waals surface area contributed by atoms with Gasteiger partial charge in [0.1, 0.15) is 11.9 Å². The molecular formula is C30H27FN2O. The number of carbonyl (C=O) groups excluding carboxylic acids is 1. The van der Waals surface area contributed by atoms with Crippen LogP contribution in [0.1, 0.15) is 34.3 Å². The summed E-state index contributed by atoms with van der Waals surface area (Å²) in [5.41, 5.74) is 4.16. The smallest absolute Gasteiger partial charge is 0.245 e. The lowest BCUT2D eigenvalue weighted by Gasteiger charge is -2.44. The lowest BCUT2D eigenvalue weighted by atomic mass is 9.93. The van der Waals surface area contributed by atoms with Crippen molar-refractivity contribution in [1.82, 2.24) is 9.80 Å². The maximum absolute atomic E-state index is 14.2. The fraction of sp³-hybridized carbons (Fsp3) is 0.167. The standard InChI is InChI=1S/C30H27FN2O/c31-27-18-16-23(17-19-27)22-32-20-21-33(30(34)29(32)26-14-8-3-9-15-26)28(24-10-4-1-5-11-24)25-12-6-2-7-13-25/h1-19,28-29H,20-22H2. The summed E-state index contributed by atoms with van der Waals surface area (Å²) in [5.74, 6) is -0.171. The molecule has 0 saturated carbocycles. The average molecular weight is 451 g/mol. The van der Waals surface area contributed by atoms with E-state index >= 15 is 0 Å². The Morgan fingerprint density at radius 1 is 0.706 bits per heavy atom. The van der Waals surface area contributed by atoms with Gasteiger partial charge in [0.2, 0.25) is 5.91 Å². The van der Waals surface area contributed by atoms with Gasteiger partial charge in [-0.15, -0.1) is 0 Å². The van der Waals surface area contributed by atoms with Crippen molar-refractivity contribution in [3.8, 4) is 0 Å². The van der Waals surface area contributed by atoms with Crippen molar-refractivity contribution in [2.45, 2.75) is 18.6 Å². The fourth-order valence-corrected chi connectivity index (χ4v) is 4.85. The lowest BCUT2D eigenvalue weighted by molar-refractivity contribution is -0.144. The third-order valence-electron chi connectivity index (χ3n) is 6.47. The second-order valence-corrected chi connectivity index (χ2v) is 8.67. The van der Waals surface area contributed by atoms with E-state index in [4.69, 9.17) is 0 Å². The molecule has 0 bridgehead atoms. The van der Waals surface area contributed by atoms with Gasteiger partial charge in [-0.1, -0.05) is 103 Å². The van der Waals surface area contributed by atoms with Crippen molar-refractivity contribution in [3.05, 3.63) is 143 Å². The first-order valence-corrected chi connectivity index (χ1v) is 11.6. The highest BCUT2D eigenvalue weighted by Gasteiger charge is 2.39. The largest absolute Gasteiger partial charge is 0.329 e. The Kier molecular flexibility index (Phi) is 6.50. The molecule has 0 radical (unpaired) electrons. The van der Waals surface area contributed by atoms with Crippen LogP contribution in [0.3, 0.4) is 0 Å². The van der Waals surface area contributed by atoms with Crippen LogP contribution in [-0.4, -0.2) is 28.8 Å². The molecule has 0 N–H and O–H groups in total. The third kappa shape index (κ3) is 4.63. The van der Waals surface area contributed by atoms with Crippen molar-refractivity contribution in [3.63, 3.8) is 0 Å². The van der Waals surface area contributed by atoms with Gasteiger partial charge in [-0.25, -0.2) is 4.39 Å². The molecule has 1 saturated heterocycles. The lowest BCUT2D eigenvalue weighted by Crippen LogP contribution is -2.53. The Morgan fingerprint density at radius 2 is 1.24 bits per heavy atom. The highest BCUT2D eigenvalue weighted by atomic mass is 19.1. The van der Waals surface area contributed by atoms with Gasteiger partial charge in [0.05, 0.1) is 6.04 Å². The van der Waals surface area contributed by atoms with Crippen LogP contribution in [0, 0.1) is 5.82 Å². The predicted octanol–water partition coefficient (Wildman–Crippen LogP) is 6.00. The van der Waals surface area contributed by atoms with E-state index in [1.165, 1.54) is 12.1 Å². The SMILES string of the molecule is O=C1C(c2ccccc2)N(Cc2ccc(F)cc2)CCN1C(c1ccccc1)c1ccccc1. The molecule has 170 valence electrons. The van der Waals surface area contributed by atoms with E-state index in [0.717, 1.165) is 28.8 Å². The topological polar surface area (TPSA) is 23.6 Å². The molecule has 1 aliphatic heterocycles. The number of halogens is 1. The molecule has 3 nitrogen and oxygen atoms in total. The summed E-state index contributed by atoms with van der Waals surface area (Å²) in [6, 6.07) is 36.4. The van der Waals surface area contributed by atoms with Crippen molar-refractivity contribution < 1.29 is 9.18 Å². The number of nitrogens with zero attached hydrogens (tertiary/aromatic N) is 2. The van der Waals surface area contributed by atoms with Gasteiger partial charge < -0.3 is 4.90 Å². The van der Waals surface area contributed by atoms with E-state index in [-0.39, 0.29) is 17.8 Å². The van der Waals surface area contributed by atoms with Crippen molar-refractivity contribution in [2.75, 3.05) is 13.1 Å². The molecule has 1 aliphatic rings. The van der Waals surface area contributed by atoms with Crippen LogP contribution in [0.15, 0.2) is 115 Å². The number of rotatable bonds is 6. The van der Waals surface area contributed by atoms with E-state index < -0.39 is 6.04 Å². The Bertz CT molecular complexity index is 1170. The Hall–Kier alpha value is -3.76. The van der Waals surface area contributed by atoms with Crippen LogP contribution < -0.4 is 0 Å². The number of carbonyl (C=O) groups is 1. The third-order valence-corrected chi connectivity index (χ3v) is 6.47. The van der Waals surface area contributed by atoms with E-state index in [9.17, 15) is 9.18 Å². The molecule has 1 unspecified atom stereocenters. The Balaban J connectivity index is 1.52. The van der Waals surface area contributed by atoms with Gasteiger partial charge in [-0.05, 0) is 34.4 Å². The number of hydrogen-bond donors (Lipinski definition) is 0. The predicted molar refractivity (Wildman–Crippen MR) is 132 cm³/mol. The molecule has 34 heavy (non-hydrogen) atoms. The molecule has 1 atom stereocenters. The molecule has 4 heteroatoms. The summed E-state index contributed by atoms with van der Waals surface area (Å²) in [4.78, 5) is 18.4. The summed E-state index contributed by atoms with van der Waals surface area (Å²) in [7, 11) is 0. The molecule has 0 spiro atoms. The first-order chi connectivity index (χ1) is 16.7. The van der Waals surface area contributed by atoms with Crippen LogP contribution in [0.5, 0.6) is 0 Å². The van der Waals surface area contributed by atoms with Crippen molar-refractivity contribution >= 4 is 5.91 Å². The summed E-state index contributed by atoms with van der Waals surface area (Å²) < 4.78 is 13.5. The zero-order chi connectivity index (χ0) is 23.3. The van der Waals surface area contributed by atoms with Crippen molar-refractivity contribution in [2.24, 2.45) is 0 Å². The van der Waals surface area contributed by atoms with Gasteiger partial charge in [0, 0.05) is 19.6 Å². The fourth-order valence-electron chi connectivity index (χ4n) is 4.85. The van der Waals surface area contributed by atoms with E-state index in [1.54, 1.807) is 12.1 Å². The molecule has 1 heterocycles. The van der Waals surface area contributed by atoms with Gasteiger partial charge in [0.15, 0.2) is 0 Å². The molecule has 5 rings (SSSR count). The van der Waals surface area contributed by atoms with Crippen LogP contribution in [0.2, 0.25) is 0 Å². The second kappa shape index (κ2) is 10.0. The zero-order valence-electron chi connectivity index (χ0n) is 18.9. The van der Waals surface area contributed by atoms with Crippen molar-refractivity contribution in [1.29, 1.82) is 0 Å². The maximum atomic E-state index is 14.2. The van der Waals surface area contributed by atoms with Gasteiger partial charge in [-0.3, -0.25) is 9.69 Å². The molecule has 4 aromatic carbocycles. The molecule has 0 aromatic heterocycles. The summed E-state index contributed by atoms with van der Waals surface area (Å²) in [6.45, 7) is 1.91. The number of amides is 1. The van der Waals surface area contributed by atoms with Gasteiger partial charge >= 0.3 is 0 Å². The zero-order valence-corrected chi connectivity index (χ0v) is 18.9. The number of hydrogen-bond acceptors (Lipinski definition) is 2. The average Bonchev–Trinajstić information content (AvgIpc) is 2.89. The monoisotopic (exact) mass is 450 g/mol. The molecule has 1 fully saturated rings. The summed E-state index contributed by atoms with van der Waals surface area (Å²) in [6.07, 6.45) is 0. The first-order valence-electron chi connectivity index (χ1n) is 11.6. The minimum atomic E-state index is -0.407. The van der Waals surface area contributed by atoms with Crippen LogP contribution >= 0.6 is 0 Å². The summed E-state index contributed by atoms with van der Waals surface area (Å²) >= 11 is 0. The first kappa shape index (κ1) is 22.1. The normalized spacial score (nSPS) is 16.7. The number of benzene rings is 4. The van der Waals surface area contributed by atoms with E-state index in [1.807, 2.05) is 71.6 Å². The molecule has 1 amide bonds. The van der Waals surface area contributed by atoms with Gasteiger partial charge in [0.25, 0.3) is 0 Å². The maximum Gasteiger partial charge on any atom is 0.245 e. The quantitative estimate of drug-likeness (QED) is 0.360. The highest BCUT2D eigenvalue weighted by Crippen LogP contribution is 2.36. The highest BCUT2D eigenvalue weighted by molar-refractivity contribution is 5.85. The van der Waals surface area contributed by atoms with Crippen LogP contribution in [-0.2, 0) is 11.3 Å². The van der Waals surface area contributed by atoms with Crippen LogP contribution in [0.25, 0.3) is 0 Å². The van der Waals surface area contributed by atoms with E-state index in [2.05, 4.69) is 29.2 Å². The molecular weight excluding hydrogens is 423 g/mol. The van der Waals surface area contributed by atoms with E-state index in [0.29, 0.717) is 13.1 Å².